The molecule has 1 aliphatic heterocycles. The number of aromatic nitrogens is 3. The Morgan fingerprint density at radius 3 is 2.93 bits per heavy atom. The van der Waals surface area contributed by atoms with E-state index >= 15 is 0 Å². The molecule has 1 N–H and O–H groups in total. The Morgan fingerprint density at radius 2 is 2.11 bits per heavy atom. The standard InChI is InChI=1S/C21H19N3O3/c1-21(11-26-12-21)13-27-14-6-8-24-17(10-23-19(24)9-14)15-5-7-22-20-16(15)3-2-4-18(20)25/h2-10,25H,11-13H2,1H3. The van der Waals surface area contributed by atoms with Crippen LogP contribution in [0, 0.1) is 5.41 Å². The van der Waals surface area contributed by atoms with Crippen LogP contribution in [0.5, 0.6) is 11.5 Å². The van der Waals surface area contributed by atoms with Gasteiger partial charge in [-0.2, -0.15) is 0 Å². The number of fused-ring (bicyclic) bond motifs is 2. The van der Waals surface area contributed by atoms with E-state index in [4.69, 9.17) is 9.47 Å². The summed E-state index contributed by atoms with van der Waals surface area (Å²) < 4.78 is 13.2. The lowest BCUT2D eigenvalue weighted by atomic mass is 9.90. The molecular formula is C21H19N3O3. The van der Waals surface area contributed by atoms with Gasteiger partial charge in [-0.15, -0.1) is 0 Å². The first-order valence-electron chi connectivity index (χ1n) is 8.88. The van der Waals surface area contributed by atoms with E-state index in [1.165, 1.54) is 0 Å². The molecule has 4 aromatic rings. The molecule has 27 heavy (non-hydrogen) atoms. The highest BCUT2D eigenvalue weighted by Crippen LogP contribution is 2.33. The number of para-hydroxylation sites is 1. The van der Waals surface area contributed by atoms with Gasteiger partial charge in [-0.05, 0) is 18.2 Å². The minimum atomic E-state index is 0.102. The molecule has 6 heteroatoms. The zero-order chi connectivity index (χ0) is 18.4. The van der Waals surface area contributed by atoms with Crippen molar-refractivity contribution >= 4 is 16.6 Å². The number of pyridine rings is 2. The second kappa shape index (κ2) is 5.96. The number of hydrogen-bond donors (Lipinski definition) is 1. The third-order valence-electron chi connectivity index (χ3n) is 5.00. The van der Waals surface area contributed by atoms with Gasteiger partial charge in [-0.1, -0.05) is 19.1 Å². The minimum absolute atomic E-state index is 0.102. The van der Waals surface area contributed by atoms with Gasteiger partial charge in [0.1, 0.15) is 22.7 Å². The van der Waals surface area contributed by atoms with Gasteiger partial charge in [0.2, 0.25) is 0 Å². The molecule has 3 aromatic heterocycles. The number of nitrogens with zero attached hydrogens (tertiary/aromatic N) is 3. The summed E-state index contributed by atoms with van der Waals surface area (Å²) in [5, 5.41) is 11.0. The van der Waals surface area contributed by atoms with E-state index < -0.39 is 0 Å². The van der Waals surface area contributed by atoms with Crippen LogP contribution in [0.25, 0.3) is 27.8 Å². The monoisotopic (exact) mass is 361 g/mol. The zero-order valence-corrected chi connectivity index (χ0v) is 14.9. The first-order chi connectivity index (χ1) is 13.1. The van der Waals surface area contributed by atoms with Gasteiger partial charge in [-0.3, -0.25) is 9.38 Å². The Bertz CT molecular complexity index is 1150. The molecule has 0 saturated carbocycles. The quantitative estimate of drug-likeness (QED) is 0.601. The molecule has 1 aromatic carbocycles. The number of ether oxygens (including phenoxy) is 2. The fraction of sp³-hybridized carbons (Fsp3) is 0.238. The number of phenolic OH excluding ortho intramolecular Hbond substituents is 1. The van der Waals surface area contributed by atoms with Crippen molar-refractivity contribution < 1.29 is 14.6 Å². The maximum Gasteiger partial charge on any atom is 0.141 e. The van der Waals surface area contributed by atoms with Gasteiger partial charge >= 0.3 is 0 Å². The van der Waals surface area contributed by atoms with Crippen LogP contribution >= 0.6 is 0 Å². The molecule has 4 heterocycles. The van der Waals surface area contributed by atoms with Crippen molar-refractivity contribution in [1.29, 1.82) is 0 Å². The number of aromatic hydroxyl groups is 1. The lowest BCUT2D eigenvalue weighted by Crippen LogP contribution is -2.44. The van der Waals surface area contributed by atoms with Crippen molar-refractivity contribution in [1.82, 2.24) is 14.4 Å². The molecular weight excluding hydrogens is 342 g/mol. The molecule has 1 aliphatic rings. The summed E-state index contributed by atoms with van der Waals surface area (Å²) in [7, 11) is 0. The molecule has 6 nitrogen and oxygen atoms in total. The smallest absolute Gasteiger partial charge is 0.141 e. The van der Waals surface area contributed by atoms with Crippen LogP contribution in [0.4, 0.5) is 0 Å². The molecule has 0 spiro atoms. The summed E-state index contributed by atoms with van der Waals surface area (Å²) in [5.74, 6) is 0.970. The van der Waals surface area contributed by atoms with Crippen LogP contribution in [-0.2, 0) is 4.74 Å². The maximum absolute atomic E-state index is 10.1. The van der Waals surface area contributed by atoms with Crippen LogP contribution in [0.2, 0.25) is 0 Å². The highest BCUT2D eigenvalue weighted by Gasteiger charge is 2.34. The lowest BCUT2D eigenvalue weighted by molar-refractivity contribution is -0.120. The fourth-order valence-electron chi connectivity index (χ4n) is 3.43. The van der Waals surface area contributed by atoms with Crippen molar-refractivity contribution in [3.8, 4) is 22.8 Å². The van der Waals surface area contributed by atoms with Gasteiger partial charge in [0.05, 0.1) is 31.7 Å². The zero-order valence-electron chi connectivity index (χ0n) is 14.9. The predicted molar refractivity (Wildman–Crippen MR) is 102 cm³/mol. The number of imidazole rings is 1. The summed E-state index contributed by atoms with van der Waals surface area (Å²) >= 11 is 0. The predicted octanol–water partition coefficient (Wildman–Crippen LogP) is 3.67. The molecule has 0 aliphatic carbocycles. The van der Waals surface area contributed by atoms with Crippen LogP contribution in [0.1, 0.15) is 6.92 Å². The van der Waals surface area contributed by atoms with Crippen molar-refractivity contribution in [3.63, 3.8) is 0 Å². The van der Waals surface area contributed by atoms with E-state index in [0.29, 0.717) is 12.1 Å². The van der Waals surface area contributed by atoms with E-state index in [-0.39, 0.29) is 11.2 Å². The van der Waals surface area contributed by atoms with Crippen LogP contribution in [0.3, 0.4) is 0 Å². The van der Waals surface area contributed by atoms with E-state index in [9.17, 15) is 5.11 Å². The molecule has 0 bridgehead atoms. The van der Waals surface area contributed by atoms with Crippen molar-refractivity contribution in [2.75, 3.05) is 19.8 Å². The first kappa shape index (κ1) is 16.1. The molecule has 5 rings (SSSR count). The highest BCUT2D eigenvalue weighted by atomic mass is 16.5. The van der Waals surface area contributed by atoms with Gasteiger partial charge in [0.15, 0.2) is 0 Å². The molecule has 0 radical (unpaired) electrons. The summed E-state index contributed by atoms with van der Waals surface area (Å²) in [6, 6.07) is 11.2. The summed E-state index contributed by atoms with van der Waals surface area (Å²) in [6.07, 6.45) is 5.50. The third kappa shape index (κ3) is 2.69. The lowest BCUT2D eigenvalue weighted by Gasteiger charge is -2.37. The molecule has 0 atom stereocenters. The topological polar surface area (TPSA) is 68.9 Å². The van der Waals surface area contributed by atoms with Crippen LogP contribution in [-0.4, -0.2) is 39.3 Å². The third-order valence-corrected chi connectivity index (χ3v) is 5.00. The molecule has 0 amide bonds. The Balaban J connectivity index is 1.53. The van der Waals surface area contributed by atoms with Gasteiger partial charge in [-0.25, -0.2) is 4.98 Å². The Labute approximate surface area is 156 Å². The number of phenols is 1. The van der Waals surface area contributed by atoms with E-state index in [1.807, 2.05) is 47.1 Å². The van der Waals surface area contributed by atoms with Gasteiger partial charge < -0.3 is 14.6 Å². The second-order valence-corrected chi connectivity index (χ2v) is 7.36. The Hall–Kier alpha value is -3.12. The normalized spacial score (nSPS) is 15.7. The maximum atomic E-state index is 10.1. The SMILES string of the molecule is CC1(COc2ccn3c(-c4ccnc5c(O)cccc45)cnc3c2)COC1. The number of rotatable bonds is 4. The van der Waals surface area contributed by atoms with Crippen LogP contribution < -0.4 is 4.74 Å². The van der Waals surface area contributed by atoms with Gasteiger partial charge in [0, 0.05) is 34.8 Å². The number of benzene rings is 1. The summed E-state index contributed by atoms with van der Waals surface area (Å²) in [4.78, 5) is 8.84. The minimum Gasteiger partial charge on any atom is -0.506 e. The number of hydrogen-bond acceptors (Lipinski definition) is 5. The molecule has 136 valence electrons. The second-order valence-electron chi connectivity index (χ2n) is 7.36. The largest absolute Gasteiger partial charge is 0.506 e. The van der Waals surface area contributed by atoms with E-state index in [0.717, 1.165) is 41.3 Å². The Morgan fingerprint density at radius 1 is 1.22 bits per heavy atom. The highest BCUT2D eigenvalue weighted by molar-refractivity contribution is 5.96. The van der Waals surface area contributed by atoms with Gasteiger partial charge in [0.25, 0.3) is 0 Å². The first-order valence-corrected chi connectivity index (χ1v) is 8.88. The molecule has 0 unspecified atom stereocenters. The average Bonchev–Trinajstić information content (AvgIpc) is 3.08. The summed E-state index contributed by atoms with van der Waals surface area (Å²) in [5.41, 5.74) is 3.40. The Kier molecular flexibility index (Phi) is 3.55. The molecule has 1 saturated heterocycles. The molecule has 1 fully saturated rings. The average molecular weight is 361 g/mol. The fourth-order valence-corrected chi connectivity index (χ4v) is 3.43. The van der Waals surface area contributed by atoms with E-state index in [1.54, 1.807) is 12.3 Å². The van der Waals surface area contributed by atoms with Crippen molar-refractivity contribution in [2.45, 2.75) is 6.92 Å². The van der Waals surface area contributed by atoms with E-state index in [2.05, 4.69) is 16.9 Å². The summed E-state index contributed by atoms with van der Waals surface area (Å²) in [6.45, 7) is 4.27. The van der Waals surface area contributed by atoms with Crippen molar-refractivity contribution in [2.24, 2.45) is 5.41 Å². The van der Waals surface area contributed by atoms with Crippen LogP contribution in [0.15, 0.2) is 55.0 Å². The van der Waals surface area contributed by atoms with Crippen molar-refractivity contribution in [3.05, 3.63) is 55.0 Å².